The second-order valence-electron chi connectivity index (χ2n) is 16.7. The van der Waals surface area contributed by atoms with E-state index in [1.807, 2.05) is 0 Å². The second-order valence-corrected chi connectivity index (χ2v) is 16.7. The smallest absolute Gasteiger partial charge is 0.306 e. The first-order valence-corrected chi connectivity index (χ1v) is 24.8. The summed E-state index contributed by atoms with van der Waals surface area (Å²) in [6.45, 7) is 6.57. The molecule has 1 atom stereocenters. The van der Waals surface area contributed by atoms with Crippen LogP contribution in [-0.2, 0) is 28.6 Å². The zero-order chi connectivity index (χ0) is 41.5. The van der Waals surface area contributed by atoms with E-state index >= 15 is 0 Å². The molecule has 0 aromatic carbocycles. The van der Waals surface area contributed by atoms with Gasteiger partial charge in [0.1, 0.15) is 13.2 Å². The average molecular weight is 803 g/mol. The van der Waals surface area contributed by atoms with Crippen molar-refractivity contribution < 1.29 is 28.6 Å². The lowest BCUT2D eigenvalue weighted by atomic mass is 10.0. The second kappa shape index (κ2) is 46.6. The van der Waals surface area contributed by atoms with Gasteiger partial charge in [0.15, 0.2) is 6.10 Å². The van der Waals surface area contributed by atoms with E-state index in [9.17, 15) is 14.4 Å². The molecule has 0 aliphatic heterocycles. The van der Waals surface area contributed by atoms with Crippen LogP contribution in [0.4, 0.5) is 0 Å². The molecule has 6 heteroatoms. The van der Waals surface area contributed by atoms with Gasteiger partial charge in [0.05, 0.1) is 0 Å². The van der Waals surface area contributed by atoms with E-state index in [4.69, 9.17) is 14.2 Å². The van der Waals surface area contributed by atoms with E-state index < -0.39 is 6.10 Å². The molecule has 0 rings (SSSR count). The molecule has 0 radical (unpaired) electrons. The summed E-state index contributed by atoms with van der Waals surface area (Å²) in [5, 5.41) is 0. The molecule has 0 spiro atoms. The number of unbranched alkanes of at least 4 members (excludes halogenated alkanes) is 30. The molecule has 0 aliphatic rings. The fraction of sp³-hybridized carbons (Fsp3) is 0.863. The summed E-state index contributed by atoms with van der Waals surface area (Å²) in [5.74, 6) is -0.885. The lowest BCUT2D eigenvalue weighted by Crippen LogP contribution is -2.30. The van der Waals surface area contributed by atoms with Crippen LogP contribution in [0.2, 0.25) is 0 Å². The van der Waals surface area contributed by atoms with Crippen LogP contribution in [0, 0.1) is 0 Å². The number of carbonyl (C=O) groups is 3. The molecule has 0 bridgehead atoms. The average Bonchev–Trinajstić information content (AvgIpc) is 3.21. The van der Waals surface area contributed by atoms with Gasteiger partial charge < -0.3 is 14.2 Å². The molecular formula is C51H94O6. The van der Waals surface area contributed by atoms with Crippen molar-refractivity contribution in [2.45, 2.75) is 271 Å². The fourth-order valence-corrected chi connectivity index (χ4v) is 7.11. The van der Waals surface area contributed by atoms with Crippen molar-refractivity contribution >= 4 is 17.9 Å². The first-order valence-electron chi connectivity index (χ1n) is 24.8. The van der Waals surface area contributed by atoms with Crippen LogP contribution in [0.15, 0.2) is 24.3 Å². The topological polar surface area (TPSA) is 78.9 Å². The minimum Gasteiger partial charge on any atom is -0.462 e. The number of allylic oxidation sites excluding steroid dienone is 4. The molecule has 0 aromatic heterocycles. The van der Waals surface area contributed by atoms with Crippen molar-refractivity contribution in [3.8, 4) is 0 Å². The number of ether oxygens (including phenoxy) is 3. The number of rotatable bonds is 45. The SMILES string of the molecule is CCCC/C=C\CCCCCCCC(=O)OC[C@H](COC(=O)CCCCCCCCCCCCCCCCCCC)OC(=O)CCCCCCC/C=C\CCCC. The summed E-state index contributed by atoms with van der Waals surface area (Å²) in [4.78, 5) is 37.8. The normalized spacial score (nSPS) is 12.1. The summed E-state index contributed by atoms with van der Waals surface area (Å²) in [6, 6.07) is 0. The first kappa shape index (κ1) is 54.9. The zero-order valence-electron chi connectivity index (χ0n) is 38.1. The molecule has 0 saturated heterocycles. The molecule has 0 N–H and O–H groups in total. The Bertz CT molecular complexity index is 927. The quantitative estimate of drug-likeness (QED) is 0.0264. The van der Waals surface area contributed by atoms with Gasteiger partial charge >= 0.3 is 17.9 Å². The highest BCUT2D eigenvalue weighted by Gasteiger charge is 2.19. The van der Waals surface area contributed by atoms with Gasteiger partial charge in [-0.05, 0) is 57.8 Å². The van der Waals surface area contributed by atoms with Gasteiger partial charge in [0.25, 0.3) is 0 Å². The van der Waals surface area contributed by atoms with E-state index in [1.54, 1.807) is 0 Å². The summed E-state index contributed by atoms with van der Waals surface area (Å²) in [5.41, 5.74) is 0. The van der Waals surface area contributed by atoms with Crippen molar-refractivity contribution in [1.29, 1.82) is 0 Å². The van der Waals surface area contributed by atoms with Crippen LogP contribution in [0.3, 0.4) is 0 Å². The monoisotopic (exact) mass is 803 g/mol. The van der Waals surface area contributed by atoms with Crippen LogP contribution in [-0.4, -0.2) is 37.2 Å². The summed E-state index contributed by atoms with van der Waals surface area (Å²) >= 11 is 0. The van der Waals surface area contributed by atoms with Gasteiger partial charge in [-0.15, -0.1) is 0 Å². The molecule has 0 saturated carbocycles. The lowest BCUT2D eigenvalue weighted by molar-refractivity contribution is -0.167. The Labute approximate surface area is 353 Å². The maximum absolute atomic E-state index is 12.7. The van der Waals surface area contributed by atoms with E-state index in [1.165, 1.54) is 148 Å². The Kier molecular flexibility index (Phi) is 44.9. The standard InChI is InChI=1S/C51H94O6/c1-4-7-10-13-16-19-22-23-24-25-26-27-30-32-35-38-41-44-50(53)56-47-48(57-51(54)45-42-39-36-33-29-21-18-15-12-9-6-3)46-55-49(52)43-40-37-34-31-28-20-17-14-11-8-5-2/h14-15,17-18,48H,4-13,16,19-47H2,1-3H3/b17-14-,18-15-/t48-/m1/s1. The highest BCUT2D eigenvalue weighted by atomic mass is 16.6. The maximum Gasteiger partial charge on any atom is 0.306 e. The van der Waals surface area contributed by atoms with Gasteiger partial charge in [-0.1, -0.05) is 212 Å². The molecule has 57 heavy (non-hydrogen) atoms. The molecule has 0 aromatic rings. The minimum atomic E-state index is -0.772. The summed E-state index contributed by atoms with van der Waals surface area (Å²) in [6.07, 6.45) is 51.6. The van der Waals surface area contributed by atoms with Gasteiger partial charge in [0, 0.05) is 19.3 Å². The van der Waals surface area contributed by atoms with E-state index in [2.05, 4.69) is 45.1 Å². The van der Waals surface area contributed by atoms with E-state index in [-0.39, 0.29) is 31.1 Å². The third-order valence-electron chi connectivity index (χ3n) is 10.9. The van der Waals surface area contributed by atoms with E-state index in [0.717, 1.165) is 77.0 Å². The van der Waals surface area contributed by atoms with Crippen molar-refractivity contribution in [1.82, 2.24) is 0 Å². The predicted molar refractivity (Wildman–Crippen MR) is 243 cm³/mol. The molecule has 0 aliphatic carbocycles. The lowest BCUT2D eigenvalue weighted by Gasteiger charge is -2.18. The van der Waals surface area contributed by atoms with Gasteiger partial charge in [0.2, 0.25) is 0 Å². The molecule has 0 fully saturated rings. The Morgan fingerprint density at radius 2 is 0.596 bits per heavy atom. The molecule has 0 heterocycles. The molecule has 0 unspecified atom stereocenters. The summed E-state index contributed by atoms with van der Waals surface area (Å²) in [7, 11) is 0. The number of hydrogen-bond donors (Lipinski definition) is 0. The summed E-state index contributed by atoms with van der Waals surface area (Å²) < 4.78 is 16.7. The molecule has 334 valence electrons. The Morgan fingerprint density at radius 3 is 0.930 bits per heavy atom. The Hall–Kier alpha value is -2.11. The minimum absolute atomic E-state index is 0.0739. The third kappa shape index (κ3) is 44.8. The van der Waals surface area contributed by atoms with Crippen LogP contribution < -0.4 is 0 Å². The van der Waals surface area contributed by atoms with Crippen LogP contribution in [0.25, 0.3) is 0 Å². The molecule has 0 amide bonds. The first-order chi connectivity index (χ1) is 28.0. The fourth-order valence-electron chi connectivity index (χ4n) is 7.11. The van der Waals surface area contributed by atoms with E-state index in [0.29, 0.717) is 19.3 Å². The Morgan fingerprint density at radius 1 is 0.333 bits per heavy atom. The Balaban J connectivity index is 4.29. The van der Waals surface area contributed by atoms with Crippen molar-refractivity contribution in [3.05, 3.63) is 24.3 Å². The number of esters is 3. The highest BCUT2D eigenvalue weighted by Crippen LogP contribution is 2.16. The predicted octanol–water partition coefficient (Wildman–Crippen LogP) is 16.0. The highest BCUT2D eigenvalue weighted by molar-refractivity contribution is 5.71. The van der Waals surface area contributed by atoms with Crippen LogP contribution in [0.5, 0.6) is 0 Å². The third-order valence-corrected chi connectivity index (χ3v) is 10.9. The van der Waals surface area contributed by atoms with Gasteiger partial charge in [-0.2, -0.15) is 0 Å². The van der Waals surface area contributed by atoms with Crippen LogP contribution in [0.1, 0.15) is 265 Å². The van der Waals surface area contributed by atoms with Crippen molar-refractivity contribution in [2.24, 2.45) is 0 Å². The van der Waals surface area contributed by atoms with Gasteiger partial charge in [-0.25, -0.2) is 0 Å². The van der Waals surface area contributed by atoms with Crippen molar-refractivity contribution in [3.63, 3.8) is 0 Å². The number of hydrogen-bond acceptors (Lipinski definition) is 6. The zero-order valence-corrected chi connectivity index (χ0v) is 38.1. The van der Waals surface area contributed by atoms with Gasteiger partial charge in [-0.3, -0.25) is 14.4 Å². The molecule has 6 nitrogen and oxygen atoms in total. The largest absolute Gasteiger partial charge is 0.462 e. The van der Waals surface area contributed by atoms with Crippen LogP contribution >= 0.6 is 0 Å². The maximum atomic E-state index is 12.7. The van der Waals surface area contributed by atoms with Crippen molar-refractivity contribution in [2.75, 3.05) is 13.2 Å². The molecular weight excluding hydrogens is 709 g/mol. The number of carbonyl (C=O) groups excluding carboxylic acids is 3.